The summed E-state index contributed by atoms with van der Waals surface area (Å²) < 4.78 is 11.1. The maximum Gasteiger partial charge on any atom is 0.343 e. The van der Waals surface area contributed by atoms with Crippen molar-refractivity contribution < 1.29 is 24.2 Å². The molecule has 0 fully saturated rings. The molecule has 1 atom stereocenters. The highest BCUT2D eigenvalue weighted by molar-refractivity contribution is 5.99. The van der Waals surface area contributed by atoms with Gasteiger partial charge >= 0.3 is 5.97 Å². The molecule has 6 heteroatoms. The Morgan fingerprint density at radius 2 is 1.70 bits per heavy atom. The fraction of sp³-hybridized carbons (Fsp3) is 0.167. The molecule has 1 amide bonds. The van der Waals surface area contributed by atoms with Gasteiger partial charge in [0.05, 0.1) is 12.3 Å². The standard InChI is InChI=1S/C24H23NO5/c1-3-29-21-12-8-7-11-19(21)25-23(27)22(17-9-5-4-6-10-17)30-24(28)18-15-16(2)13-14-20(18)26/h4-15,22,26H,3H2,1-2H3,(H,25,27)/t22-/m1/s1. The Labute approximate surface area is 175 Å². The van der Waals surface area contributed by atoms with Crippen molar-refractivity contribution in [2.24, 2.45) is 0 Å². The highest BCUT2D eigenvalue weighted by Gasteiger charge is 2.27. The molecule has 0 aromatic heterocycles. The third-order valence-corrected chi connectivity index (χ3v) is 4.38. The Kier molecular flexibility index (Phi) is 6.70. The first-order chi connectivity index (χ1) is 14.5. The number of para-hydroxylation sites is 2. The number of benzene rings is 3. The largest absolute Gasteiger partial charge is 0.507 e. The van der Waals surface area contributed by atoms with Crippen LogP contribution in [0.4, 0.5) is 5.69 Å². The summed E-state index contributed by atoms with van der Waals surface area (Å²) in [5.41, 5.74) is 1.76. The molecular formula is C24H23NO5. The molecule has 6 nitrogen and oxygen atoms in total. The highest BCUT2D eigenvalue weighted by Crippen LogP contribution is 2.28. The van der Waals surface area contributed by atoms with Crippen LogP contribution < -0.4 is 10.1 Å². The number of phenolic OH excluding ortho intramolecular Hbond substituents is 1. The summed E-state index contributed by atoms with van der Waals surface area (Å²) >= 11 is 0. The Morgan fingerprint density at radius 1 is 1.00 bits per heavy atom. The van der Waals surface area contributed by atoms with E-state index >= 15 is 0 Å². The van der Waals surface area contributed by atoms with E-state index in [1.54, 1.807) is 67.6 Å². The van der Waals surface area contributed by atoms with Crippen molar-refractivity contribution in [1.82, 2.24) is 0 Å². The molecule has 0 saturated heterocycles. The number of ether oxygens (including phenoxy) is 2. The van der Waals surface area contributed by atoms with Gasteiger partial charge in [-0.05, 0) is 38.1 Å². The Morgan fingerprint density at radius 3 is 2.43 bits per heavy atom. The Balaban J connectivity index is 1.89. The summed E-state index contributed by atoms with van der Waals surface area (Å²) in [5.74, 6) is -1.02. The van der Waals surface area contributed by atoms with Crippen LogP contribution in [0.2, 0.25) is 0 Å². The molecule has 0 aliphatic heterocycles. The summed E-state index contributed by atoms with van der Waals surface area (Å²) in [6.07, 6.45) is -1.21. The van der Waals surface area contributed by atoms with Gasteiger partial charge in [-0.25, -0.2) is 4.79 Å². The van der Waals surface area contributed by atoms with E-state index in [-0.39, 0.29) is 11.3 Å². The summed E-state index contributed by atoms with van der Waals surface area (Å²) in [4.78, 5) is 25.8. The predicted molar refractivity (Wildman–Crippen MR) is 114 cm³/mol. The smallest absolute Gasteiger partial charge is 0.343 e. The van der Waals surface area contributed by atoms with Gasteiger partial charge < -0.3 is 19.9 Å². The summed E-state index contributed by atoms with van der Waals surface area (Å²) in [6, 6.07) is 20.3. The second-order valence-electron chi connectivity index (χ2n) is 6.64. The first-order valence-electron chi connectivity index (χ1n) is 9.58. The molecule has 0 bridgehead atoms. The number of amides is 1. The molecule has 0 spiro atoms. The van der Waals surface area contributed by atoms with Crippen LogP contribution in [0.1, 0.15) is 34.5 Å². The molecule has 0 radical (unpaired) electrons. The first-order valence-corrected chi connectivity index (χ1v) is 9.58. The number of aromatic hydroxyl groups is 1. The quantitative estimate of drug-likeness (QED) is 0.560. The van der Waals surface area contributed by atoms with Gasteiger partial charge in [0.25, 0.3) is 5.91 Å². The molecule has 0 aliphatic carbocycles. The Hall–Kier alpha value is -3.80. The maximum atomic E-state index is 13.1. The van der Waals surface area contributed by atoms with Gasteiger partial charge in [-0.15, -0.1) is 0 Å². The minimum atomic E-state index is -1.21. The molecule has 3 rings (SSSR count). The number of hydrogen-bond donors (Lipinski definition) is 2. The van der Waals surface area contributed by atoms with Crippen molar-refractivity contribution in [1.29, 1.82) is 0 Å². The molecule has 154 valence electrons. The number of aryl methyl sites for hydroxylation is 1. The number of hydrogen-bond acceptors (Lipinski definition) is 5. The molecular weight excluding hydrogens is 382 g/mol. The molecule has 3 aromatic carbocycles. The van der Waals surface area contributed by atoms with Gasteiger partial charge in [0.2, 0.25) is 6.10 Å². The van der Waals surface area contributed by atoms with Crippen molar-refractivity contribution in [3.05, 3.63) is 89.5 Å². The number of esters is 1. The van der Waals surface area contributed by atoms with Crippen molar-refractivity contribution in [3.8, 4) is 11.5 Å². The zero-order valence-electron chi connectivity index (χ0n) is 16.8. The number of carbonyl (C=O) groups is 2. The van der Waals surface area contributed by atoms with Crippen LogP contribution in [0.25, 0.3) is 0 Å². The highest BCUT2D eigenvalue weighted by atomic mass is 16.5. The van der Waals surface area contributed by atoms with E-state index in [1.165, 1.54) is 12.1 Å². The summed E-state index contributed by atoms with van der Waals surface area (Å²) in [6.45, 7) is 4.08. The van der Waals surface area contributed by atoms with E-state index in [0.717, 1.165) is 5.56 Å². The van der Waals surface area contributed by atoms with Gasteiger partial charge in [0.15, 0.2) is 0 Å². The lowest BCUT2D eigenvalue weighted by atomic mass is 10.1. The van der Waals surface area contributed by atoms with E-state index in [0.29, 0.717) is 23.6 Å². The molecule has 0 unspecified atom stereocenters. The van der Waals surface area contributed by atoms with E-state index in [4.69, 9.17) is 9.47 Å². The van der Waals surface area contributed by atoms with Gasteiger partial charge in [0, 0.05) is 5.56 Å². The van der Waals surface area contributed by atoms with E-state index in [1.807, 2.05) is 6.92 Å². The number of anilines is 1. The van der Waals surface area contributed by atoms with E-state index in [2.05, 4.69) is 5.32 Å². The zero-order chi connectivity index (χ0) is 21.5. The fourth-order valence-electron chi connectivity index (χ4n) is 2.93. The lowest BCUT2D eigenvalue weighted by molar-refractivity contribution is -0.125. The number of nitrogens with one attached hydrogen (secondary N) is 1. The number of rotatable bonds is 7. The van der Waals surface area contributed by atoms with Crippen LogP contribution in [-0.2, 0) is 9.53 Å². The van der Waals surface area contributed by atoms with E-state index in [9.17, 15) is 14.7 Å². The second-order valence-corrected chi connectivity index (χ2v) is 6.64. The van der Waals surface area contributed by atoms with Crippen molar-refractivity contribution in [2.75, 3.05) is 11.9 Å². The normalized spacial score (nSPS) is 11.4. The number of carbonyl (C=O) groups excluding carboxylic acids is 2. The zero-order valence-corrected chi connectivity index (χ0v) is 16.8. The average molecular weight is 405 g/mol. The average Bonchev–Trinajstić information content (AvgIpc) is 2.75. The molecule has 0 aliphatic rings. The molecule has 0 heterocycles. The fourth-order valence-corrected chi connectivity index (χ4v) is 2.93. The van der Waals surface area contributed by atoms with Gasteiger partial charge in [-0.2, -0.15) is 0 Å². The molecule has 30 heavy (non-hydrogen) atoms. The van der Waals surface area contributed by atoms with Crippen LogP contribution in [0.5, 0.6) is 11.5 Å². The van der Waals surface area contributed by atoms with Crippen LogP contribution in [0.15, 0.2) is 72.8 Å². The molecule has 0 saturated carbocycles. The minimum absolute atomic E-state index is 0.00144. The number of phenols is 1. The van der Waals surface area contributed by atoms with Gasteiger partial charge in [-0.1, -0.05) is 54.1 Å². The molecule has 3 aromatic rings. The van der Waals surface area contributed by atoms with Gasteiger partial charge in [0.1, 0.15) is 17.1 Å². The second kappa shape index (κ2) is 9.60. The predicted octanol–water partition coefficient (Wildman–Crippen LogP) is 4.64. The lowest BCUT2D eigenvalue weighted by Crippen LogP contribution is -2.26. The van der Waals surface area contributed by atoms with Crippen molar-refractivity contribution >= 4 is 17.6 Å². The topological polar surface area (TPSA) is 84.9 Å². The summed E-state index contributed by atoms with van der Waals surface area (Å²) in [5, 5.41) is 12.8. The van der Waals surface area contributed by atoms with Crippen LogP contribution in [-0.4, -0.2) is 23.6 Å². The maximum absolute atomic E-state index is 13.1. The monoisotopic (exact) mass is 405 g/mol. The Bertz CT molecular complexity index is 1030. The third kappa shape index (κ3) is 4.97. The lowest BCUT2D eigenvalue weighted by Gasteiger charge is -2.19. The van der Waals surface area contributed by atoms with Crippen molar-refractivity contribution in [3.63, 3.8) is 0 Å². The van der Waals surface area contributed by atoms with Crippen LogP contribution in [0.3, 0.4) is 0 Å². The minimum Gasteiger partial charge on any atom is -0.507 e. The SMILES string of the molecule is CCOc1ccccc1NC(=O)[C@H](OC(=O)c1cc(C)ccc1O)c1ccccc1. The van der Waals surface area contributed by atoms with Crippen molar-refractivity contribution in [2.45, 2.75) is 20.0 Å². The summed E-state index contributed by atoms with van der Waals surface area (Å²) in [7, 11) is 0. The van der Waals surface area contributed by atoms with Gasteiger partial charge in [-0.3, -0.25) is 4.79 Å². The third-order valence-electron chi connectivity index (χ3n) is 4.38. The van der Waals surface area contributed by atoms with E-state index < -0.39 is 18.0 Å². The first kappa shape index (κ1) is 20.9. The molecule has 2 N–H and O–H groups in total. The van der Waals surface area contributed by atoms with Crippen LogP contribution >= 0.6 is 0 Å². The van der Waals surface area contributed by atoms with Crippen LogP contribution in [0, 0.1) is 6.92 Å².